The Morgan fingerprint density at radius 1 is 1.15 bits per heavy atom. The van der Waals surface area contributed by atoms with E-state index in [9.17, 15) is 4.79 Å². The fraction of sp³-hybridized carbons (Fsp3) is 0.500. The van der Waals surface area contributed by atoms with Gasteiger partial charge in [-0.05, 0) is 50.5 Å². The van der Waals surface area contributed by atoms with E-state index < -0.39 is 0 Å². The molecule has 0 bridgehead atoms. The first-order valence-corrected chi connectivity index (χ1v) is 11.9. The van der Waals surface area contributed by atoms with Gasteiger partial charge in [-0.15, -0.1) is 0 Å². The van der Waals surface area contributed by atoms with Crippen LogP contribution in [0.3, 0.4) is 0 Å². The number of aryl methyl sites for hydroxylation is 1. The van der Waals surface area contributed by atoms with E-state index >= 15 is 0 Å². The van der Waals surface area contributed by atoms with Gasteiger partial charge in [0.15, 0.2) is 17.0 Å². The Balaban J connectivity index is 1.54. The molecule has 4 N–H and O–H groups in total. The average Bonchev–Trinajstić information content (AvgIpc) is 3.20. The lowest BCUT2D eigenvalue weighted by Crippen LogP contribution is -2.17. The molecule has 0 radical (unpaired) electrons. The Bertz CT molecular complexity index is 1050. The van der Waals surface area contributed by atoms with Crippen LogP contribution in [0.15, 0.2) is 30.6 Å². The van der Waals surface area contributed by atoms with Gasteiger partial charge in [0.2, 0.25) is 11.9 Å². The van der Waals surface area contributed by atoms with Gasteiger partial charge in [0, 0.05) is 25.2 Å². The molecule has 10 heteroatoms. The molecule has 0 spiro atoms. The summed E-state index contributed by atoms with van der Waals surface area (Å²) in [6.07, 6.45) is 7.79. The average molecular weight is 470 g/mol. The van der Waals surface area contributed by atoms with E-state index in [4.69, 9.17) is 9.94 Å². The molecule has 0 fully saturated rings. The predicted octanol–water partition coefficient (Wildman–Crippen LogP) is 4.54. The highest BCUT2D eigenvalue weighted by Gasteiger charge is 2.14. The molecule has 3 rings (SSSR count). The Hall–Kier alpha value is -3.40. The number of ether oxygens (including phenoxy) is 1. The number of hydrogen-bond donors (Lipinski definition) is 4. The number of carbonyl (C=O) groups is 1. The fourth-order valence-corrected chi connectivity index (χ4v) is 3.65. The van der Waals surface area contributed by atoms with Crippen molar-refractivity contribution in [2.45, 2.75) is 64.8 Å². The highest BCUT2D eigenvalue weighted by Crippen LogP contribution is 2.24. The van der Waals surface area contributed by atoms with Crippen molar-refractivity contribution in [2.75, 3.05) is 17.2 Å². The number of nitrogens with zero attached hydrogens (tertiary/aromatic N) is 4. The molecular weight excluding hydrogens is 434 g/mol. The van der Waals surface area contributed by atoms with Crippen molar-refractivity contribution >= 4 is 34.5 Å². The minimum atomic E-state index is -0.339. The quantitative estimate of drug-likeness (QED) is 0.154. The maximum absolute atomic E-state index is 11.0. The lowest BCUT2D eigenvalue weighted by molar-refractivity contribution is -0.129. The smallest absolute Gasteiger partial charge is 0.243 e. The maximum atomic E-state index is 11.0. The number of nitrogens with one attached hydrogen (secondary N) is 3. The SMILES string of the molecule is CCCC(C)Nc1nc(Nc2ccc(OCCCCCCC(=O)NO)cc2)nc2c1ncn2C. The molecule has 34 heavy (non-hydrogen) atoms. The number of rotatable bonds is 14. The summed E-state index contributed by atoms with van der Waals surface area (Å²) in [7, 11) is 1.92. The summed E-state index contributed by atoms with van der Waals surface area (Å²) in [6.45, 7) is 4.92. The highest BCUT2D eigenvalue weighted by molar-refractivity contribution is 5.84. The van der Waals surface area contributed by atoms with Crippen molar-refractivity contribution in [3.05, 3.63) is 30.6 Å². The number of unbranched alkanes of at least 4 members (excludes halogenated alkanes) is 3. The lowest BCUT2D eigenvalue weighted by Gasteiger charge is -2.15. The number of carbonyl (C=O) groups excluding carboxylic acids is 1. The summed E-state index contributed by atoms with van der Waals surface area (Å²) in [5.74, 6) is 1.69. The van der Waals surface area contributed by atoms with E-state index in [0.29, 0.717) is 19.0 Å². The lowest BCUT2D eigenvalue weighted by atomic mass is 10.1. The molecule has 10 nitrogen and oxygen atoms in total. The number of anilines is 3. The number of benzene rings is 1. The molecule has 2 heterocycles. The Morgan fingerprint density at radius 2 is 1.91 bits per heavy atom. The van der Waals surface area contributed by atoms with E-state index in [2.05, 4.69) is 39.4 Å². The van der Waals surface area contributed by atoms with Crippen molar-refractivity contribution in [3.8, 4) is 5.75 Å². The second kappa shape index (κ2) is 12.7. The van der Waals surface area contributed by atoms with Crippen molar-refractivity contribution in [1.29, 1.82) is 0 Å². The van der Waals surface area contributed by atoms with E-state index in [1.54, 1.807) is 11.8 Å². The summed E-state index contributed by atoms with van der Waals surface area (Å²) in [5, 5.41) is 15.2. The first kappa shape index (κ1) is 25.2. The molecule has 0 aliphatic rings. The van der Waals surface area contributed by atoms with Gasteiger partial charge in [0.1, 0.15) is 5.75 Å². The van der Waals surface area contributed by atoms with E-state index in [1.165, 1.54) is 0 Å². The van der Waals surface area contributed by atoms with Crippen molar-refractivity contribution in [1.82, 2.24) is 25.0 Å². The first-order chi connectivity index (χ1) is 16.5. The fourth-order valence-electron chi connectivity index (χ4n) is 3.65. The van der Waals surface area contributed by atoms with Crippen LogP contribution in [0.5, 0.6) is 5.75 Å². The number of hydrogen-bond acceptors (Lipinski definition) is 8. The molecule has 0 saturated heterocycles. The largest absolute Gasteiger partial charge is 0.494 e. The molecule has 0 aliphatic carbocycles. The number of imidazole rings is 1. The number of fused-ring (bicyclic) bond motifs is 1. The minimum absolute atomic E-state index is 0.287. The third-order valence-corrected chi connectivity index (χ3v) is 5.47. The van der Waals surface area contributed by atoms with Gasteiger partial charge in [0.25, 0.3) is 0 Å². The van der Waals surface area contributed by atoms with E-state index in [0.717, 1.165) is 66.9 Å². The highest BCUT2D eigenvalue weighted by atomic mass is 16.5. The summed E-state index contributed by atoms with van der Waals surface area (Å²) >= 11 is 0. The molecule has 0 aliphatic heterocycles. The van der Waals surface area contributed by atoms with Gasteiger partial charge in [-0.3, -0.25) is 10.0 Å². The molecule has 184 valence electrons. The van der Waals surface area contributed by atoms with Crippen LogP contribution < -0.4 is 20.9 Å². The first-order valence-electron chi connectivity index (χ1n) is 11.9. The summed E-state index contributed by atoms with van der Waals surface area (Å²) in [6, 6.07) is 7.99. The third-order valence-electron chi connectivity index (χ3n) is 5.47. The molecule has 0 saturated carbocycles. The second-order valence-corrected chi connectivity index (χ2v) is 8.45. The maximum Gasteiger partial charge on any atom is 0.243 e. The molecular formula is C24H35N7O3. The van der Waals surface area contributed by atoms with Crippen LogP contribution in [0, 0.1) is 0 Å². The third kappa shape index (κ3) is 7.31. The van der Waals surface area contributed by atoms with Crippen LogP contribution in [-0.2, 0) is 11.8 Å². The molecule has 1 unspecified atom stereocenters. The summed E-state index contributed by atoms with van der Waals surface area (Å²) in [5.41, 5.74) is 4.04. The molecule has 1 aromatic carbocycles. The zero-order chi connectivity index (χ0) is 24.3. The Labute approximate surface area is 200 Å². The van der Waals surface area contributed by atoms with Gasteiger partial charge in [0.05, 0.1) is 12.9 Å². The number of amides is 1. The van der Waals surface area contributed by atoms with Gasteiger partial charge < -0.3 is 19.9 Å². The summed E-state index contributed by atoms with van der Waals surface area (Å²) in [4.78, 5) is 24.7. The van der Waals surface area contributed by atoms with Crippen molar-refractivity contribution < 1.29 is 14.7 Å². The van der Waals surface area contributed by atoms with Crippen LogP contribution >= 0.6 is 0 Å². The predicted molar refractivity (Wildman–Crippen MR) is 133 cm³/mol. The van der Waals surface area contributed by atoms with E-state index in [-0.39, 0.29) is 11.9 Å². The van der Waals surface area contributed by atoms with Crippen molar-refractivity contribution in [3.63, 3.8) is 0 Å². The topological polar surface area (TPSA) is 126 Å². The molecule has 1 amide bonds. The normalized spacial score (nSPS) is 11.9. The zero-order valence-corrected chi connectivity index (χ0v) is 20.2. The zero-order valence-electron chi connectivity index (χ0n) is 20.2. The molecule has 1 atom stereocenters. The van der Waals surface area contributed by atoms with Crippen LogP contribution in [-0.4, -0.2) is 43.3 Å². The van der Waals surface area contributed by atoms with Gasteiger partial charge >= 0.3 is 0 Å². The Kier molecular flexibility index (Phi) is 9.45. The van der Waals surface area contributed by atoms with Crippen LogP contribution in [0.2, 0.25) is 0 Å². The number of aromatic nitrogens is 4. The van der Waals surface area contributed by atoms with Gasteiger partial charge in [-0.2, -0.15) is 9.97 Å². The monoisotopic (exact) mass is 469 g/mol. The number of hydroxylamine groups is 1. The molecule has 3 aromatic rings. The minimum Gasteiger partial charge on any atom is -0.494 e. The van der Waals surface area contributed by atoms with Crippen LogP contribution in [0.25, 0.3) is 11.2 Å². The van der Waals surface area contributed by atoms with Crippen LogP contribution in [0.4, 0.5) is 17.5 Å². The molecule has 2 aromatic heterocycles. The second-order valence-electron chi connectivity index (χ2n) is 8.45. The van der Waals surface area contributed by atoms with E-state index in [1.807, 2.05) is 35.9 Å². The van der Waals surface area contributed by atoms with Gasteiger partial charge in [-0.1, -0.05) is 26.2 Å². The summed E-state index contributed by atoms with van der Waals surface area (Å²) < 4.78 is 7.69. The van der Waals surface area contributed by atoms with Gasteiger partial charge in [-0.25, -0.2) is 10.5 Å². The van der Waals surface area contributed by atoms with Crippen LogP contribution in [0.1, 0.15) is 58.8 Å². The van der Waals surface area contributed by atoms with Crippen molar-refractivity contribution in [2.24, 2.45) is 7.05 Å². The Morgan fingerprint density at radius 3 is 2.65 bits per heavy atom. The standard InChI is InChI=1S/C24H35N7O3/c1-4-9-17(2)26-22-21-23(31(3)16-25-21)29-24(28-22)27-18-11-13-19(14-12-18)34-15-8-6-5-7-10-20(32)30-33/h11-14,16-17,33H,4-10,15H2,1-3H3,(H,30,32)(H2,26,27,28,29).